The van der Waals surface area contributed by atoms with E-state index in [1.165, 1.54) is 0 Å². The molecule has 0 saturated carbocycles. The molecule has 0 atom stereocenters. The first-order valence-electron chi connectivity index (χ1n) is 5.67. The molecule has 2 aromatic rings. The molecule has 0 aliphatic carbocycles. The number of aromatic nitrogens is 2. The predicted octanol–water partition coefficient (Wildman–Crippen LogP) is 0.232. The Bertz CT molecular complexity index is 543. The van der Waals surface area contributed by atoms with Crippen LogP contribution in [0.3, 0.4) is 0 Å². The van der Waals surface area contributed by atoms with Crippen molar-refractivity contribution in [2.75, 3.05) is 5.32 Å². The molecule has 2 rings (SSSR count). The highest BCUT2D eigenvalue weighted by Crippen LogP contribution is 2.03. The molecule has 5 heteroatoms. The molecule has 5 nitrogen and oxygen atoms in total. The van der Waals surface area contributed by atoms with E-state index in [9.17, 15) is 0 Å². The van der Waals surface area contributed by atoms with E-state index < -0.39 is 0 Å². The highest BCUT2D eigenvalue weighted by molar-refractivity contribution is 5.88. The summed E-state index contributed by atoms with van der Waals surface area (Å²) in [4.78, 5) is 11.4. The fourth-order valence-corrected chi connectivity index (χ4v) is 1.61. The van der Waals surface area contributed by atoms with Crippen LogP contribution in [0, 0.1) is 13.8 Å². The molecule has 0 bridgehead atoms. The van der Waals surface area contributed by atoms with Gasteiger partial charge >= 0.3 is 5.95 Å². The van der Waals surface area contributed by atoms with Crippen LogP contribution in [0.2, 0.25) is 0 Å². The van der Waals surface area contributed by atoms with Crippen molar-refractivity contribution in [1.82, 2.24) is 9.97 Å². The van der Waals surface area contributed by atoms with Crippen molar-refractivity contribution < 1.29 is 4.99 Å². The van der Waals surface area contributed by atoms with Crippen LogP contribution < -0.4 is 16.0 Å². The molecular weight excluding hydrogens is 226 g/mol. The van der Waals surface area contributed by atoms with Gasteiger partial charge in [-0.05, 0) is 26.0 Å². The fraction of sp³-hybridized carbons (Fsp3) is 0.154. The van der Waals surface area contributed by atoms with Crippen LogP contribution in [0.1, 0.15) is 11.4 Å². The van der Waals surface area contributed by atoms with Crippen molar-refractivity contribution in [2.24, 2.45) is 5.73 Å². The largest absolute Gasteiger partial charge is 0.354 e. The normalized spacial score (nSPS) is 11.3. The number of benzene rings is 1. The molecule has 1 aromatic heterocycles. The minimum atomic E-state index is 0.395. The van der Waals surface area contributed by atoms with Gasteiger partial charge in [0.25, 0.3) is 5.96 Å². The van der Waals surface area contributed by atoms with Gasteiger partial charge in [-0.25, -0.2) is 4.99 Å². The molecular formula is C13H16N5+. The minimum absolute atomic E-state index is 0.395. The summed E-state index contributed by atoms with van der Waals surface area (Å²) in [6, 6.07) is 11.6. The average Bonchev–Trinajstić information content (AvgIpc) is 2.28. The molecule has 0 unspecified atom stereocenters. The SMILES string of the molecule is Cc1cc(C)nc([NH+]=C(N)Nc2ccccc2)n1. The standard InChI is InChI=1S/C13H15N5/c1-9-8-10(2)16-13(15-9)18-12(14)17-11-6-4-3-5-7-11/h3-8H,1-2H3,(H3,14,15,16,17,18)/p+1. The molecule has 1 heterocycles. The van der Waals surface area contributed by atoms with Gasteiger partial charge in [0.1, 0.15) is 0 Å². The van der Waals surface area contributed by atoms with Crippen LogP contribution >= 0.6 is 0 Å². The van der Waals surface area contributed by atoms with Crippen molar-refractivity contribution in [2.45, 2.75) is 13.8 Å². The number of aryl methyl sites for hydroxylation is 2. The van der Waals surface area contributed by atoms with Gasteiger partial charge in [-0.1, -0.05) is 18.2 Å². The molecule has 4 N–H and O–H groups in total. The van der Waals surface area contributed by atoms with Crippen LogP contribution in [0.15, 0.2) is 36.4 Å². The zero-order chi connectivity index (χ0) is 13.0. The third-order valence-electron chi connectivity index (χ3n) is 2.28. The Morgan fingerprint density at radius 2 is 1.72 bits per heavy atom. The minimum Gasteiger partial charge on any atom is -0.322 e. The van der Waals surface area contributed by atoms with E-state index in [1.807, 2.05) is 50.2 Å². The summed E-state index contributed by atoms with van der Waals surface area (Å²) >= 11 is 0. The Morgan fingerprint density at radius 1 is 1.11 bits per heavy atom. The van der Waals surface area contributed by atoms with Crippen LogP contribution in [-0.4, -0.2) is 15.9 Å². The summed E-state index contributed by atoms with van der Waals surface area (Å²) < 4.78 is 0. The van der Waals surface area contributed by atoms with Crippen LogP contribution in [-0.2, 0) is 0 Å². The summed E-state index contributed by atoms with van der Waals surface area (Å²) in [5.41, 5.74) is 8.56. The van der Waals surface area contributed by atoms with Crippen LogP contribution in [0.5, 0.6) is 0 Å². The maximum Gasteiger partial charge on any atom is 0.354 e. The van der Waals surface area contributed by atoms with E-state index in [4.69, 9.17) is 5.73 Å². The lowest BCUT2D eigenvalue weighted by Crippen LogP contribution is -2.72. The van der Waals surface area contributed by atoms with E-state index in [2.05, 4.69) is 20.3 Å². The number of nitrogens with zero attached hydrogens (tertiary/aromatic N) is 2. The molecule has 0 aliphatic rings. The summed E-state index contributed by atoms with van der Waals surface area (Å²) in [7, 11) is 0. The van der Waals surface area contributed by atoms with Gasteiger partial charge in [-0.15, -0.1) is 9.97 Å². The molecule has 92 valence electrons. The Hall–Kier alpha value is -2.43. The number of anilines is 1. The molecule has 0 amide bonds. The van der Waals surface area contributed by atoms with Crippen molar-refractivity contribution in [1.29, 1.82) is 0 Å². The van der Waals surface area contributed by atoms with Crippen molar-refractivity contribution in [3.63, 3.8) is 0 Å². The summed E-state index contributed by atoms with van der Waals surface area (Å²) in [5.74, 6) is 0.889. The molecule has 0 fully saturated rings. The second kappa shape index (κ2) is 5.27. The Kier molecular flexibility index (Phi) is 3.52. The number of guanidine groups is 1. The second-order valence-electron chi connectivity index (χ2n) is 4.00. The number of nitrogens with one attached hydrogen (secondary N) is 2. The Morgan fingerprint density at radius 3 is 2.33 bits per heavy atom. The molecule has 0 aliphatic heterocycles. The first kappa shape index (κ1) is 12.0. The smallest absolute Gasteiger partial charge is 0.322 e. The monoisotopic (exact) mass is 242 g/mol. The van der Waals surface area contributed by atoms with Gasteiger partial charge in [-0.3, -0.25) is 5.32 Å². The molecule has 1 aromatic carbocycles. The van der Waals surface area contributed by atoms with Gasteiger partial charge in [0.15, 0.2) is 0 Å². The highest BCUT2D eigenvalue weighted by atomic mass is 15.2. The van der Waals surface area contributed by atoms with Gasteiger partial charge < -0.3 is 5.73 Å². The van der Waals surface area contributed by atoms with Gasteiger partial charge in [0, 0.05) is 6.07 Å². The number of hydrogen-bond acceptors (Lipinski definition) is 2. The summed E-state index contributed by atoms with van der Waals surface area (Å²) in [5, 5.41) is 3.03. The average molecular weight is 242 g/mol. The van der Waals surface area contributed by atoms with Crippen molar-refractivity contribution >= 4 is 17.6 Å². The van der Waals surface area contributed by atoms with E-state index in [0.717, 1.165) is 17.1 Å². The number of para-hydroxylation sites is 1. The fourth-order valence-electron chi connectivity index (χ4n) is 1.61. The van der Waals surface area contributed by atoms with Gasteiger partial charge in [-0.2, -0.15) is 0 Å². The molecule has 0 saturated heterocycles. The highest BCUT2D eigenvalue weighted by Gasteiger charge is 2.05. The quantitative estimate of drug-likeness (QED) is 0.520. The number of nitrogens with two attached hydrogens (primary N) is 1. The summed E-state index contributed by atoms with van der Waals surface area (Å²) in [6.07, 6.45) is 0. The lowest BCUT2D eigenvalue weighted by atomic mass is 10.3. The van der Waals surface area contributed by atoms with E-state index in [1.54, 1.807) is 0 Å². The van der Waals surface area contributed by atoms with Crippen LogP contribution in [0.4, 0.5) is 11.6 Å². The third kappa shape index (κ3) is 3.28. The predicted molar refractivity (Wildman–Crippen MR) is 71.4 cm³/mol. The molecule has 0 spiro atoms. The van der Waals surface area contributed by atoms with Gasteiger partial charge in [0.2, 0.25) is 0 Å². The second-order valence-corrected chi connectivity index (χ2v) is 4.00. The number of hydrogen-bond donors (Lipinski definition) is 3. The van der Waals surface area contributed by atoms with Gasteiger partial charge in [0.05, 0.1) is 17.1 Å². The number of rotatable bonds is 2. The Balaban J connectivity index is 2.17. The first-order valence-corrected chi connectivity index (χ1v) is 5.67. The summed E-state index contributed by atoms with van der Waals surface area (Å²) in [6.45, 7) is 3.83. The lowest BCUT2D eigenvalue weighted by Gasteiger charge is -2.00. The topological polar surface area (TPSA) is 77.8 Å². The Labute approximate surface area is 106 Å². The van der Waals surface area contributed by atoms with Crippen molar-refractivity contribution in [3.8, 4) is 0 Å². The third-order valence-corrected chi connectivity index (χ3v) is 2.28. The lowest BCUT2D eigenvalue weighted by molar-refractivity contribution is -0.365. The van der Waals surface area contributed by atoms with E-state index >= 15 is 0 Å². The maximum absolute atomic E-state index is 5.85. The van der Waals surface area contributed by atoms with Crippen molar-refractivity contribution in [3.05, 3.63) is 47.8 Å². The van der Waals surface area contributed by atoms with E-state index in [0.29, 0.717) is 11.9 Å². The first-order chi connectivity index (χ1) is 8.63. The zero-order valence-electron chi connectivity index (χ0n) is 10.4. The molecule has 0 radical (unpaired) electrons. The maximum atomic E-state index is 5.85. The van der Waals surface area contributed by atoms with Crippen LogP contribution in [0.25, 0.3) is 0 Å². The zero-order valence-corrected chi connectivity index (χ0v) is 10.4. The molecule has 18 heavy (non-hydrogen) atoms. The van der Waals surface area contributed by atoms with E-state index in [-0.39, 0.29) is 0 Å².